The number of piperidine rings is 8. The lowest BCUT2D eigenvalue weighted by molar-refractivity contribution is -0.212. The van der Waals surface area contributed by atoms with Crippen LogP contribution >= 0.6 is 0 Å². The maximum absolute atomic E-state index is 4.71. The minimum atomic E-state index is 0.447. The van der Waals surface area contributed by atoms with Crippen molar-refractivity contribution in [1.82, 2.24) is 30.7 Å². The fourth-order valence-electron chi connectivity index (χ4n) is 16.6. The summed E-state index contributed by atoms with van der Waals surface area (Å²) in [6.45, 7) is 8.21. The molecule has 0 amide bonds. The predicted molar refractivity (Wildman–Crippen MR) is 184 cm³/mol. The van der Waals surface area contributed by atoms with Crippen molar-refractivity contribution in [2.24, 2.45) is 40.4 Å². The first-order valence-electron chi connectivity index (χ1n) is 21.2. The van der Waals surface area contributed by atoms with E-state index in [9.17, 15) is 0 Å². The highest BCUT2D eigenvalue weighted by Gasteiger charge is 2.67. The van der Waals surface area contributed by atoms with Crippen molar-refractivity contribution in [3.63, 3.8) is 0 Å². The van der Waals surface area contributed by atoms with Crippen LogP contribution in [0.5, 0.6) is 0 Å². The Balaban J connectivity index is 0.925. The standard InChI is InChI=1S/C40H66N6/c1-3-17-44-24-39(22-28(32(44)11-1)20-26-8-6-16-41-36(26)39)34-13-5-10-31(42-34)30-14-15-35-43-37(30)40-23-29(33-12-2-4-18-45(33)25-40)21-27-9-7-19-46(35)38(27)40/h26-38,41-43H,1-25H2/t26-,27-,28+,29-,30+,31+,32+,33+,34+,35-,36+,37-,38+,39+,40+/m0/s1. The van der Waals surface area contributed by atoms with Crippen molar-refractivity contribution in [3.8, 4) is 0 Å². The van der Waals surface area contributed by atoms with Crippen LogP contribution in [0.3, 0.4) is 0 Å². The van der Waals surface area contributed by atoms with Crippen molar-refractivity contribution in [2.75, 3.05) is 39.3 Å². The van der Waals surface area contributed by atoms with Crippen LogP contribution in [0.2, 0.25) is 0 Å². The van der Waals surface area contributed by atoms with Gasteiger partial charge in [0, 0.05) is 66.2 Å². The molecule has 2 aliphatic carbocycles. The number of nitrogens with one attached hydrogen (secondary N) is 3. The lowest BCUT2D eigenvalue weighted by atomic mass is 9.48. The summed E-state index contributed by atoms with van der Waals surface area (Å²) in [5, 5.41) is 13.5. The molecule has 9 heterocycles. The van der Waals surface area contributed by atoms with E-state index in [1.54, 1.807) is 12.8 Å². The van der Waals surface area contributed by atoms with Crippen LogP contribution in [0.15, 0.2) is 0 Å². The van der Waals surface area contributed by atoms with E-state index in [1.807, 2.05) is 0 Å². The molecule has 15 atom stereocenters. The summed E-state index contributed by atoms with van der Waals surface area (Å²) in [6, 6.07) is 5.58. The molecule has 0 unspecified atom stereocenters. The normalized spacial score (nSPS) is 57.0. The van der Waals surface area contributed by atoms with Crippen molar-refractivity contribution >= 4 is 0 Å². The van der Waals surface area contributed by atoms with Crippen LogP contribution in [-0.2, 0) is 0 Å². The molecule has 6 heteroatoms. The third-order valence-electron chi connectivity index (χ3n) is 17.7. The largest absolute Gasteiger partial charge is 0.313 e. The molecule has 11 rings (SSSR count). The summed E-state index contributed by atoms with van der Waals surface area (Å²) < 4.78 is 0. The molecule has 3 N–H and O–H groups in total. The van der Waals surface area contributed by atoms with Crippen molar-refractivity contribution < 1.29 is 0 Å². The van der Waals surface area contributed by atoms with Gasteiger partial charge in [-0.3, -0.25) is 20.0 Å². The highest BCUT2D eigenvalue weighted by atomic mass is 15.4. The average molecular weight is 631 g/mol. The molecule has 9 aliphatic heterocycles. The first-order valence-corrected chi connectivity index (χ1v) is 21.2. The van der Waals surface area contributed by atoms with E-state index in [0.717, 1.165) is 65.8 Å². The third-order valence-corrected chi connectivity index (χ3v) is 17.7. The minimum absolute atomic E-state index is 0.447. The van der Waals surface area contributed by atoms with Crippen LogP contribution in [0.1, 0.15) is 122 Å². The monoisotopic (exact) mass is 631 g/mol. The molecule has 6 nitrogen and oxygen atoms in total. The van der Waals surface area contributed by atoms with Gasteiger partial charge in [-0.15, -0.1) is 0 Å². The summed E-state index contributed by atoms with van der Waals surface area (Å²) in [5.74, 6) is 4.65. The molecule has 2 saturated carbocycles. The molecule has 0 radical (unpaired) electrons. The van der Waals surface area contributed by atoms with Gasteiger partial charge in [0.05, 0.1) is 6.17 Å². The molecular weight excluding hydrogens is 564 g/mol. The first kappa shape index (κ1) is 29.5. The van der Waals surface area contributed by atoms with Gasteiger partial charge in [0.15, 0.2) is 0 Å². The van der Waals surface area contributed by atoms with Crippen molar-refractivity contribution in [1.29, 1.82) is 0 Å². The molecule has 11 fully saturated rings. The minimum Gasteiger partial charge on any atom is -0.313 e. The van der Waals surface area contributed by atoms with Gasteiger partial charge < -0.3 is 10.6 Å². The van der Waals surface area contributed by atoms with Gasteiger partial charge >= 0.3 is 0 Å². The second-order valence-electron chi connectivity index (χ2n) is 19.5. The number of hydrogen-bond donors (Lipinski definition) is 3. The maximum Gasteiger partial charge on any atom is 0.0602 e. The van der Waals surface area contributed by atoms with Gasteiger partial charge in [-0.1, -0.05) is 19.3 Å². The van der Waals surface area contributed by atoms with E-state index in [-0.39, 0.29) is 0 Å². The molecule has 0 aromatic rings. The molecule has 9 saturated heterocycles. The van der Waals surface area contributed by atoms with E-state index in [1.165, 1.54) is 148 Å². The van der Waals surface area contributed by atoms with Gasteiger partial charge in [0.1, 0.15) is 0 Å². The number of nitrogens with zero attached hydrogens (tertiary/aromatic N) is 3. The summed E-state index contributed by atoms with van der Waals surface area (Å²) in [6.07, 6.45) is 28.7. The topological polar surface area (TPSA) is 45.8 Å². The first-order chi connectivity index (χ1) is 22.7. The Morgan fingerprint density at radius 3 is 2.15 bits per heavy atom. The lowest BCUT2D eigenvalue weighted by Crippen LogP contribution is -2.82. The molecule has 11 aliphatic rings. The molecule has 0 aromatic heterocycles. The highest BCUT2D eigenvalue weighted by molar-refractivity contribution is 5.21. The van der Waals surface area contributed by atoms with Gasteiger partial charge in [-0.25, -0.2) is 0 Å². The van der Waals surface area contributed by atoms with Crippen LogP contribution in [0.4, 0.5) is 0 Å². The van der Waals surface area contributed by atoms with Crippen molar-refractivity contribution in [2.45, 2.75) is 170 Å². The Bertz CT molecular complexity index is 1160. The molecule has 256 valence electrons. The molecule has 6 bridgehead atoms. The summed E-state index contributed by atoms with van der Waals surface area (Å²) in [5.41, 5.74) is 0.928. The second kappa shape index (κ2) is 11.1. The van der Waals surface area contributed by atoms with Gasteiger partial charge in [-0.05, 0) is 159 Å². The molecule has 46 heavy (non-hydrogen) atoms. The number of fused-ring (bicyclic) bond motifs is 12. The van der Waals surface area contributed by atoms with Crippen LogP contribution in [-0.4, -0.2) is 102 Å². The summed E-state index contributed by atoms with van der Waals surface area (Å²) in [7, 11) is 0. The van der Waals surface area contributed by atoms with Gasteiger partial charge in [0.2, 0.25) is 0 Å². The van der Waals surface area contributed by atoms with Crippen molar-refractivity contribution in [3.05, 3.63) is 0 Å². The van der Waals surface area contributed by atoms with Gasteiger partial charge in [0.25, 0.3) is 0 Å². The van der Waals surface area contributed by atoms with E-state index in [0.29, 0.717) is 23.0 Å². The smallest absolute Gasteiger partial charge is 0.0602 e. The quantitative estimate of drug-likeness (QED) is 0.391. The van der Waals surface area contributed by atoms with Crippen LogP contribution < -0.4 is 16.0 Å². The third kappa shape index (κ3) is 4.22. The zero-order valence-electron chi connectivity index (χ0n) is 29.0. The van der Waals surface area contributed by atoms with Crippen LogP contribution in [0, 0.1) is 40.4 Å². The Hall–Kier alpha value is -0.240. The number of rotatable bonds is 2. The summed E-state index contributed by atoms with van der Waals surface area (Å²) in [4.78, 5) is 9.23. The molecule has 0 aromatic carbocycles. The Morgan fingerprint density at radius 1 is 0.543 bits per heavy atom. The van der Waals surface area contributed by atoms with Gasteiger partial charge in [-0.2, -0.15) is 0 Å². The maximum atomic E-state index is 4.71. The fraction of sp³-hybridized carbons (Fsp3) is 1.00. The van der Waals surface area contributed by atoms with E-state index in [2.05, 4.69) is 25.3 Å². The highest BCUT2D eigenvalue weighted by Crippen LogP contribution is 2.61. The molecule has 1 spiro atoms. The zero-order chi connectivity index (χ0) is 30.0. The molecular formula is C40H66N6. The average Bonchev–Trinajstić information content (AvgIpc) is 3.11. The Labute approximate surface area is 280 Å². The van der Waals surface area contributed by atoms with E-state index < -0.39 is 0 Å². The Morgan fingerprint density at radius 2 is 1.30 bits per heavy atom. The SMILES string of the molecule is C1CN[C@@H]2[C@@H](C1)C[C@@H]1C[C@]2([C@H]2CCC[C@H]([C@H]3CC[C@H]4N[C@@H]3[C@]35C[C@H](C[C@@H]6CCCN4[C@H]63)[C@H]3CCCCN3C5)N2)CN2CCCC[C@H]12. The zero-order valence-corrected chi connectivity index (χ0v) is 29.0. The van der Waals surface area contributed by atoms with E-state index >= 15 is 0 Å². The summed E-state index contributed by atoms with van der Waals surface area (Å²) >= 11 is 0. The Kier molecular flexibility index (Phi) is 7.13. The lowest BCUT2D eigenvalue weighted by Gasteiger charge is -2.72. The fourth-order valence-corrected chi connectivity index (χ4v) is 16.6. The second-order valence-corrected chi connectivity index (χ2v) is 19.5. The number of hydrogen-bond acceptors (Lipinski definition) is 6. The van der Waals surface area contributed by atoms with Crippen LogP contribution in [0.25, 0.3) is 0 Å². The van der Waals surface area contributed by atoms with E-state index in [4.69, 9.17) is 5.32 Å². The predicted octanol–water partition coefficient (Wildman–Crippen LogP) is 5.18.